The highest BCUT2D eigenvalue weighted by molar-refractivity contribution is 5.92. The van der Waals surface area contributed by atoms with E-state index in [9.17, 15) is 18.0 Å². The summed E-state index contributed by atoms with van der Waals surface area (Å²) in [4.78, 5) is 14.4. The molecule has 0 spiro atoms. The Balaban J connectivity index is 1.87. The standard InChI is InChI=1S/C14H9F3N4O2/c15-14(16,17)13-19-12(20-23-13)8-1-3-10(4-2-8)21-6-5-9(7-21)11(18)22/h1-7H,(H2,18,22). The maximum Gasteiger partial charge on any atom is 0.471 e. The third-order valence-corrected chi connectivity index (χ3v) is 3.07. The molecule has 0 fully saturated rings. The fraction of sp³-hybridized carbons (Fsp3) is 0.0714. The number of hydrogen-bond donors (Lipinski definition) is 1. The Morgan fingerprint density at radius 3 is 2.39 bits per heavy atom. The molecule has 9 heteroatoms. The lowest BCUT2D eigenvalue weighted by atomic mass is 10.2. The summed E-state index contributed by atoms with van der Waals surface area (Å²) in [5.41, 5.74) is 6.59. The zero-order valence-corrected chi connectivity index (χ0v) is 11.4. The average molecular weight is 322 g/mol. The van der Waals surface area contributed by atoms with Crippen LogP contribution < -0.4 is 5.73 Å². The SMILES string of the molecule is NC(=O)c1ccn(-c2ccc(-c3noc(C(F)(F)F)n3)cc2)c1. The number of nitrogens with two attached hydrogens (primary N) is 1. The fourth-order valence-electron chi connectivity index (χ4n) is 1.94. The summed E-state index contributed by atoms with van der Waals surface area (Å²) in [5.74, 6) is -2.10. The number of aromatic nitrogens is 3. The molecule has 23 heavy (non-hydrogen) atoms. The van der Waals surface area contributed by atoms with Gasteiger partial charge in [0, 0.05) is 23.6 Å². The highest BCUT2D eigenvalue weighted by Gasteiger charge is 2.38. The second kappa shape index (κ2) is 5.27. The number of benzene rings is 1. The Morgan fingerprint density at radius 2 is 1.87 bits per heavy atom. The van der Waals surface area contributed by atoms with Gasteiger partial charge >= 0.3 is 12.1 Å². The van der Waals surface area contributed by atoms with Crippen LogP contribution in [0, 0.1) is 0 Å². The molecule has 2 aromatic heterocycles. The third kappa shape index (κ3) is 2.93. The van der Waals surface area contributed by atoms with Crippen LogP contribution >= 0.6 is 0 Å². The van der Waals surface area contributed by atoms with Crippen LogP contribution in [0.4, 0.5) is 13.2 Å². The van der Waals surface area contributed by atoms with Crippen molar-refractivity contribution in [3.8, 4) is 17.1 Å². The molecule has 3 aromatic rings. The quantitative estimate of drug-likeness (QED) is 0.803. The number of amides is 1. The molecule has 0 aliphatic carbocycles. The normalized spacial score (nSPS) is 11.6. The van der Waals surface area contributed by atoms with E-state index in [4.69, 9.17) is 5.73 Å². The number of carbonyl (C=O) groups excluding carboxylic acids is 1. The fourth-order valence-corrected chi connectivity index (χ4v) is 1.94. The molecule has 6 nitrogen and oxygen atoms in total. The van der Waals surface area contributed by atoms with Crippen molar-refractivity contribution in [2.24, 2.45) is 5.73 Å². The first-order valence-corrected chi connectivity index (χ1v) is 6.34. The van der Waals surface area contributed by atoms with Gasteiger partial charge in [0.1, 0.15) is 0 Å². The van der Waals surface area contributed by atoms with Crippen LogP contribution in [0.15, 0.2) is 47.2 Å². The summed E-state index contributed by atoms with van der Waals surface area (Å²) in [6.45, 7) is 0. The molecule has 0 aliphatic heterocycles. The van der Waals surface area contributed by atoms with Crippen LogP contribution in [0.1, 0.15) is 16.2 Å². The number of primary amides is 1. The van der Waals surface area contributed by atoms with Gasteiger partial charge in [-0.05, 0) is 30.3 Å². The van der Waals surface area contributed by atoms with Gasteiger partial charge in [-0.1, -0.05) is 5.16 Å². The summed E-state index contributed by atoms with van der Waals surface area (Å²) >= 11 is 0. The largest absolute Gasteiger partial charge is 0.471 e. The van der Waals surface area contributed by atoms with E-state index in [-0.39, 0.29) is 5.82 Å². The molecule has 2 N–H and O–H groups in total. The minimum absolute atomic E-state index is 0.158. The number of hydrogen-bond acceptors (Lipinski definition) is 4. The molecule has 0 radical (unpaired) electrons. The van der Waals surface area contributed by atoms with Crippen LogP contribution in [0.2, 0.25) is 0 Å². The molecule has 118 valence electrons. The number of nitrogens with zero attached hydrogens (tertiary/aromatic N) is 3. The summed E-state index contributed by atoms with van der Waals surface area (Å²) in [5, 5.41) is 3.31. The Labute approximate surface area is 127 Å². The van der Waals surface area contributed by atoms with E-state index >= 15 is 0 Å². The molecular formula is C14H9F3N4O2. The lowest BCUT2D eigenvalue weighted by molar-refractivity contribution is -0.159. The van der Waals surface area contributed by atoms with E-state index in [0.29, 0.717) is 16.8 Å². The maximum atomic E-state index is 12.4. The molecule has 0 bridgehead atoms. The Morgan fingerprint density at radius 1 is 1.17 bits per heavy atom. The summed E-state index contributed by atoms with van der Waals surface area (Å²) in [7, 11) is 0. The van der Waals surface area contributed by atoms with Gasteiger partial charge in [0.25, 0.3) is 0 Å². The maximum absolute atomic E-state index is 12.4. The van der Waals surface area contributed by atoms with E-state index in [1.807, 2.05) is 0 Å². The van der Waals surface area contributed by atoms with Crippen molar-refractivity contribution in [1.82, 2.24) is 14.7 Å². The molecular weight excluding hydrogens is 313 g/mol. The van der Waals surface area contributed by atoms with Crippen molar-refractivity contribution in [2.45, 2.75) is 6.18 Å². The zero-order valence-electron chi connectivity index (χ0n) is 11.4. The van der Waals surface area contributed by atoms with E-state index in [1.165, 1.54) is 0 Å². The van der Waals surface area contributed by atoms with Crippen LogP contribution in [-0.2, 0) is 6.18 Å². The summed E-state index contributed by atoms with van der Waals surface area (Å²) in [6, 6.07) is 7.94. The Bertz CT molecular complexity index is 850. The van der Waals surface area contributed by atoms with Crippen molar-refractivity contribution in [1.29, 1.82) is 0 Å². The van der Waals surface area contributed by atoms with Crippen LogP contribution in [0.5, 0.6) is 0 Å². The lowest BCUT2D eigenvalue weighted by Gasteiger charge is -2.03. The topological polar surface area (TPSA) is 86.9 Å². The molecule has 0 saturated heterocycles. The van der Waals surface area contributed by atoms with Crippen molar-refractivity contribution < 1.29 is 22.5 Å². The number of rotatable bonds is 3. The van der Waals surface area contributed by atoms with Gasteiger partial charge in [0.2, 0.25) is 11.7 Å². The second-order valence-electron chi connectivity index (χ2n) is 4.64. The van der Waals surface area contributed by atoms with Crippen molar-refractivity contribution in [2.75, 3.05) is 0 Å². The molecule has 0 saturated carbocycles. The van der Waals surface area contributed by atoms with Crippen molar-refractivity contribution >= 4 is 5.91 Å². The third-order valence-electron chi connectivity index (χ3n) is 3.07. The number of carbonyl (C=O) groups is 1. The molecule has 0 unspecified atom stereocenters. The molecule has 1 amide bonds. The number of halogens is 3. The van der Waals surface area contributed by atoms with E-state index in [2.05, 4.69) is 14.7 Å². The van der Waals surface area contributed by atoms with Gasteiger partial charge in [0.05, 0.1) is 5.56 Å². The minimum Gasteiger partial charge on any atom is -0.366 e. The van der Waals surface area contributed by atoms with Gasteiger partial charge in [-0.15, -0.1) is 0 Å². The molecule has 0 atom stereocenters. The van der Waals surface area contributed by atoms with Crippen LogP contribution in [-0.4, -0.2) is 20.6 Å². The minimum atomic E-state index is -4.68. The monoisotopic (exact) mass is 322 g/mol. The molecule has 2 heterocycles. The van der Waals surface area contributed by atoms with Crippen LogP contribution in [0.25, 0.3) is 17.1 Å². The van der Waals surface area contributed by atoms with Gasteiger partial charge in [-0.2, -0.15) is 18.2 Å². The highest BCUT2D eigenvalue weighted by Crippen LogP contribution is 2.29. The Hall–Kier alpha value is -3.10. The van der Waals surface area contributed by atoms with E-state index in [1.54, 1.807) is 47.3 Å². The molecule has 1 aromatic carbocycles. The smallest absolute Gasteiger partial charge is 0.366 e. The second-order valence-corrected chi connectivity index (χ2v) is 4.64. The highest BCUT2D eigenvalue weighted by atomic mass is 19.4. The lowest BCUT2D eigenvalue weighted by Crippen LogP contribution is -2.09. The van der Waals surface area contributed by atoms with Gasteiger partial charge < -0.3 is 14.8 Å². The van der Waals surface area contributed by atoms with Crippen LogP contribution in [0.3, 0.4) is 0 Å². The van der Waals surface area contributed by atoms with Gasteiger partial charge in [0.15, 0.2) is 0 Å². The first kappa shape index (κ1) is 14.8. The van der Waals surface area contributed by atoms with Gasteiger partial charge in [-0.3, -0.25) is 4.79 Å². The predicted molar refractivity (Wildman–Crippen MR) is 72.6 cm³/mol. The predicted octanol–water partition coefficient (Wildman–Crippen LogP) is 2.65. The van der Waals surface area contributed by atoms with E-state index < -0.39 is 18.0 Å². The average Bonchev–Trinajstić information content (AvgIpc) is 3.16. The summed E-state index contributed by atoms with van der Waals surface area (Å²) < 4.78 is 43.1. The van der Waals surface area contributed by atoms with Crippen molar-refractivity contribution in [3.05, 3.63) is 54.2 Å². The number of alkyl halides is 3. The summed E-state index contributed by atoms with van der Waals surface area (Å²) in [6.07, 6.45) is -1.49. The van der Waals surface area contributed by atoms with Gasteiger partial charge in [-0.25, -0.2) is 0 Å². The molecule has 0 aliphatic rings. The molecule has 3 rings (SSSR count). The first-order valence-electron chi connectivity index (χ1n) is 6.34. The first-order chi connectivity index (χ1) is 10.8. The van der Waals surface area contributed by atoms with Crippen molar-refractivity contribution in [3.63, 3.8) is 0 Å². The zero-order chi connectivity index (χ0) is 16.6. The van der Waals surface area contributed by atoms with E-state index in [0.717, 1.165) is 0 Å². The Kier molecular flexibility index (Phi) is 3.40.